The van der Waals surface area contributed by atoms with Gasteiger partial charge < -0.3 is 9.80 Å². The molecule has 0 radical (unpaired) electrons. The number of carbonyl (C=O) groups is 2. The highest BCUT2D eigenvalue weighted by atomic mass is 32.1. The van der Waals surface area contributed by atoms with Crippen LogP contribution in [0.25, 0.3) is 0 Å². The first-order valence-electron chi connectivity index (χ1n) is 10.5. The van der Waals surface area contributed by atoms with Gasteiger partial charge in [-0.15, -0.1) is 11.3 Å². The van der Waals surface area contributed by atoms with E-state index in [1.54, 1.807) is 28.4 Å². The van der Waals surface area contributed by atoms with Crippen molar-refractivity contribution in [1.82, 2.24) is 9.80 Å². The van der Waals surface area contributed by atoms with Crippen LogP contribution in [-0.2, 0) is 16.0 Å². The van der Waals surface area contributed by atoms with Crippen molar-refractivity contribution in [2.24, 2.45) is 5.92 Å². The van der Waals surface area contributed by atoms with Gasteiger partial charge in [0.1, 0.15) is 5.82 Å². The Bertz CT molecular complexity index is 875. The largest absolute Gasteiger partial charge is 0.333 e. The van der Waals surface area contributed by atoms with E-state index in [1.807, 2.05) is 11.8 Å². The number of amides is 2. The quantitative estimate of drug-likeness (QED) is 0.703. The van der Waals surface area contributed by atoms with Gasteiger partial charge in [0.15, 0.2) is 0 Å². The molecule has 29 heavy (non-hydrogen) atoms. The number of nitrogens with zero attached hydrogens (tertiary/aromatic N) is 2. The average Bonchev–Trinajstić information content (AvgIpc) is 3.15. The summed E-state index contributed by atoms with van der Waals surface area (Å²) in [5.41, 5.74) is 2.03. The van der Waals surface area contributed by atoms with Crippen LogP contribution in [0.4, 0.5) is 4.39 Å². The van der Waals surface area contributed by atoms with Crippen molar-refractivity contribution in [3.63, 3.8) is 0 Å². The van der Waals surface area contributed by atoms with Crippen LogP contribution >= 0.6 is 11.3 Å². The second-order valence-corrected chi connectivity index (χ2v) is 8.98. The Morgan fingerprint density at radius 2 is 1.97 bits per heavy atom. The van der Waals surface area contributed by atoms with Crippen LogP contribution in [0.3, 0.4) is 0 Å². The molecule has 1 saturated carbocycles. The Morgan fingerprint density at radius 3 is 2.62 bits per heavy atom. The molecule has 2 aromatic rings. The Hall–Kier alpha value is -2.21. The third-order valence-electron chi connectivity index (χ3n) is 6.06. The highest BCUT2D eigenvalue weighted by molar-refractivity contribution is 7.10. The van der Waals surface area contributed by atoms with Gasteiger partial charge in [-0.25, -0.2) is 4.39 Å². The lowest BCUT2D eigenvalue weighted by molar-refractivity contribution is -0.145. The molecule has 4 rings (SSSR count). The number of fused-ring (bicyclic) bond motifs is 1. The van der Waals surface area contributed by atoms with Crippen LogP contribution in [0.1, 0.15) is 54.7 Å². The summed E-state index contributed by atoms with van der Waals surface area (Å²) in [6.07, 6.45) is 4.63. The number of thiophene rings is 1. The topological polar surface area (TPSA) is 40.6 Å². The van der Waals surface area contributed by atoms with E-state index in [0.717, 1.165) is 43.2 Å². The Labute approximate surface area is 175 Å². The van der Waals surface area contributed by atoms with Crippen LogP contribution < -0.4 is 0 Å². The van der Waals surface area contributed by atoms with Crippen LogP contribution in [0.15, 0.2) is 35.7 Å². The van der Waals surface area contributed by atoms with Crippen molar-refractivity contribution in [3.8, 4) is 0 Å². The van der Waals surface area contributed by atoms with Gasteiger partial charge >= 0.3 is 0 Å². The van der Waals surface area contributed by atoms with E-state index in [9.17, 15) is 14.0 Å². The molecule has 2 heterocycles. The maximum Gasteiger partial charge on any atom is 0.242 e. The smallest absolute Gasteiger partial charge is 0.242 e. The van der Waals surface area contributed by atoms with Crippen molar-refractivity contribution in [2.45, 2.75) is 45.1 Å². The fraction of sp³-hybridized carbons (Fsp3) is 0.478. The highest BCUT2D eigenvalue weighted by Gasteiger charge is 2.35. The first kappa shape index (κ1) is 20.1. The Kier molecular flexibility index (Phi) is 5.99. The molecule has 0 bridgehead atoms. The van der Waals surface area contributed by atoms with E-state index in [2.05, 4.69) is 11.4 Å². The van der Waals surface area contributed by atoms with Gasteiger partial charge in [-0.05, 0) is 60.4 Å². The van der Waals surface area contributed by atoms with Crippen LogP contribution in [-0.4, -0.2) is 41.2 Å². The summed E-state index contributed by atoms with van der Waals surface area (Å²) in [6.45, 7) is 3.39. The van der Waals surface area contributed by atoms with E-state index >= 15 is 0 Å². The summed E-state index contributed by atoms with van der Waals surface area (Å²) >= 11 is 1.71. The summed E-state index contributed by atoms with van der Waals surface area (Å²) < 4.78 is 13.5. The third-order valence-corrected chi connectivity index (χ3v) is 7.05. The summed E-state index contributed by atoms with van der Waals surface area (Å²) in [5.74, 6) is -0.101. The van der Waals surface area contributed by atoms with Crippen molar-refractivity contribution in [1.29, 1.82) is 0 Å². The molecule has 1 aromatic carbocycles. The first-order chi connectivity index (χ1) is 14.1. The van der Waals surface area contributed by atoms with E-state index in [4.69, 9.17) is 0 Å². The van der Waals surface area contributed by atoms with Crippen LogP contribution in [0.2, 0.25) is 0 Å². The third kappa shape index (κ3) is 4.08. The zero-order chi connectivity index (χ0) is 20.4. The van der Waals surface area contributed by atoms with Gasteiger partial charge in [0, 0.05) is 23.9 Å². The van der Waals surface area contributed by atoms with Crippen molar-refractivity contribution < 1.29 is 14.0 Å². The molecule has 0 saturated heterocycles. The summed E-state index contributed by atoms with van der Waals surface area (Å²) in [5, 5.41) is 2.05. The van der Waals surface area contributed by atoms with Gasteiger partial charge in [0.05, 0.1) is 12.6 Å². The number of hydrogen-bond acceptors (Lipinski definition) is 3. The minimum Gasteiger partial charge on any atom is -0.333 e. The van der Waals surface area contributed by atoms with Gasteiger partial charge in [-0.3, -0.25) is 9.59 Å². The highest BCUT2D eigenvalue weighted by Crippen LogP contribution is 2.38. The van der Waals surface area contributed by atoms with E-state index in [-0.39, 0.29) is 36.1 Å². The molecular weight excluding hydrogens is 387 g/mol. The maximum absolute atomic E-state index is 13.5. The second-order valence-electron chi connectivity index (χ2n) is 7.98. The molecule has 1 unspecified atom stereocenters. The number of hydrogen-bond donors (Lipinski definition) is 0. The molecule has 2 amide bonds. The van der Waals surface area contributed by atoms with Crippen molar-refractivity contribution in [2.75, 3.05) is 19.6 Å². The molecule has 2 aliphatic rings. The van der Waals surface area contributed by atoms with E-state index in [1.165, 1.54) is 17.0 Å². The minimum atomic E-state index is -0.284. The van der Waals surface area contributed by atoms with E-state index < -0.39 is 0 Å². The average molecular weight is 415 g/mol. The molecule has 1 aromatic heterocycles. The molecule has 1 aliphatic heterocycles. The first-order valence-corrected chi connectivity index (χ1v) is 11.4. The minimum absolute atomic E-state index is 0.0303. The maximum atomic E-state index is 13.5. The lowest BCUT2D eigenvalue weighted by Crippen LogP contribution is -2.48. The predicted molar refractivity (Wildman–Crippen MR) is 112 cm³/mol. The Balaban J connectivity index is 1.58. The SMILES string of the molecule is CCCN(CC(=O)N1CCc2sccc2C1c1ccc(F)cc1)C(=O)C1CCC1. The second kappa shape index (κ2) is 8.66. The zero-order valence-electron chi connectivity index (χ0n) is 16.8. The molecule has 4 nitrogen and oxygen atoms in total. The molecule has 1 atom stereocenters. The molecule has 0 spiro atoms. The molecule has 1 fully saturated rings. The molecule has 0 N–H and O–H groups in total. The van der Waals surface area contributed by atoms with Crippen molar-refractivity contribution >= 4 is 23.2 Å². The number of halogens is 1. The van der Waals surface area contributed by atoms with Crippen LogP contribution in [0, 0.1) is 11.7 Å². The monoisotopic (exact) mass is 414 g/mol. The van der Waals surface area contributed by atoms with Gasteiger partial charge in [-0.1, -0.05) is 25.5 Å². The standard InChI is InChI=1S/C23H27FN2O2S/c1-2-12-25(23(28)17-4-3-5-17)15-21(27)26-13-10-20-19(11-14-29-20)22(26)16-6-8-18(24)9-7-16/h6-9,11,14,17,22H,2-5,10,12-13,15H2,1H3. The van der Waals surface area contributed by atoms with Gasteiger partial charge in [0.25, 0.3) is 0 Å². The predicted octanol–water partition coefficient (Wildman–Crippen LogP) is 4.40. The van der Waals surface area contributed by atoms with Gasteiger partial charge in [-0.2, -0.15) is 0 Å². The van der Waals surface area contributed by atoms with Crippen molar-refractivity contribution in [3.05, 3.63) is 57.5 Å². The molecule has 6 heteroatoms. The lowest BCUT2D eigenvalue weighted by atomic mass is 9.84. The van der Waals surface area contributed by atoms with Gasteiger partial charge in [0.2, 0.25) is 11.8 Å². The molecule has 1 aliphatic carbocycles. The van der Waals surface area contributed by atoms with E-state index in [0.29, 0.717) is 13.1 Å². The molecule has 154 valence electrons. The summed E-state index contributed by atoms with van der Waals surface area (Å²) in [4.78, 5) is 31.1. The number of rotatable bonds is 6. The zero-order valence-corrected chi connectivity index (χ0v) is 17.6. The lowest BCUT2D eigenvalue weighted by Gasteiger charge is -2.38. The number of benzene rings is 1. The fourth-order valence-electron chi connectivity index (χ4n) is 4.29. The number of carbonyl (C=O) groups excluding carboxylic acids is 2. The Morgan fingerprint density at radius 1 is 1.21 bits per heavy atom. The molecular formula is C23H27FN2O2S. The fourth-order valence-corrected chi connectivity index (χ4v) is 5.20. The van der Waals surface area contributed by atoms with Crippen LogP contribution in [0.5, 0.6) is 0 Å². The normalized spacial score (nSPS) is 18.8. The summed E-state index contributed by atoms with van der Waals surface area (Å²) in [6, 6.07) is 8.26. The summed E-state index contributed by atoms with van der Waals surface area (Å²) in [7, 11) is 0.